The standard InChI is InChI=1S/C14H11Cl2O/c15-13-8-4-5-11(14(13)16)9-10-17-12-6-2-1-3-7-12/h2-8H,9-10H2. The summed E-state index contributed by atoms with van der Waals surface area (Å²) in [6, 6.07) is 16.0. The summed E-state index contributed by atoms with van der Waals surface area (Å²) >= 11 is 12.0. The molecule has 2 aromatic carbocycles. The van der Waals surface area contributed by atoms with Crippen molar-refractivity contribution in [2.24, 2.45) is 0 Å². The van der Waals surface area contributed by atoms with Crippen LogP contribution in [0.3, 0.4) is 0 Å². The van der Waals surface area contributed by atoms with Crippen molar-refractivity contribution in [2.45, 2.75) is 6.42 Å². The fraction of sp³-hybridized carbons (Fsp3) is 0.143. The van der Waals surface area contributed by atoms with Gasteiger partial charge in [0.05, 0.1) is 16.7 Å². The van der Waals surface area contributed by atoms with Gasteiger partial charge in [0.25, 0.3) is 0 Å². The zero-order valence-corrected chi connectivity index (χ0v) is 10.6. The summed E-state index contributed by atoms with van der Waals surface area (Å²) in [7, 11) is 0. The Morgan fingerprint density at radius 2 is 1.82 bits per heavy atom. The Kier molecular flexibility index (Phi) is 4.29. The van der Waals surface area contributed by atoms with Crippen LogP contribution in [-0.4, -0.2) is 6.61 Å². The zero-order valence-electron chi connectivity index (χ0n) is 9.12. The monoisotopic (exact) mass is 265 g/mol. The molecule has 0 N–H and O–H groups in total. The molecule has 1 radical (unpaired) electrons. The molecule has 17 heavy (non-hydrogen) atoms. The molecule has 0 spiro atoms. The molecule has 2 aromatic rings. The van der Waals surface area contributed by atoms with E-state index in [1.54, 1.807) is 6.07 Å². The third-order valence-electron chi connectivity index (χ3n) is 2.36. The van der Waals surface area contributed by atoms with Crippen LogP contribution in [0, 0.1) is 6.07 Å². The number of rotatable bonds is 4. The van der Waals surface area contributed by atoms with Crippen LogP contribution < -0.4 is 4.74 Å². The number of benzene rings is 2. The third-order valence-corrected chi connectivity index (χ3v) is 3.22. The normalized spacial score (nSPS) is 10.2. The van der Waals surface area contributed by atoms with E-state index in [1.165, 1.54) is 0 Å². The molecular weight excluding hydrogens is 255 g/mol. The maximum Gasteiger partial charge on any atom is 0.119 e. The largest absolute Gasteiger partial charge is 0.493 e. The molecular formula is C14H11Cl2O. The highest BCUT2D eigenvalue weighted by Gasteiger charge is 2.04. The highest BCUT2D eigenvalue weighted by atomic mass is 35.5. The Morgan fingerprint density at radius 1 is 1.06 bits per heavy atom. The van der Waals surface area contributed by atoms with Crippen molar-refractivity contribution in [1.82, 2.24) is 0 Å². The summed E-state index contributed by atoms with van der Waals surface area (Å²) in [6.07, 6.45) is 0.734. The van der Waals surface area contributed by atoms with Crippen LogP contribution in [0.5, 0.6) is 5.75 Å². The van der Waals surface area contributed by atoms with Crippen LogP contribution in [0.2, 0.25) is 10.0 Å². The predicted octanol–water partition coefficient (Wildman–Crippen LogP) is 4.42. The maximum atomic E-state index is 6.08. The van der Waals surface area contributed by atoms with Crippen LogP contribution in [-0.2, 0) is 6.42 Å². The Labute approximate surface area is 111 Å². The Bertz CT molecular complexity index is 483. The van der Waals surface area contributed by atoms with Gasteiger partial charge in [0.15, 0.2) is 0 Å². The lowest BCUT2D eigenvalue weighted by molar-refractivity contribution is 0.322. The number of halogens is 2. The molecule has 0 bridgehead atoms. The van der Waals surface area contributed by atoms with E-state index in [0.717, 1.165) is 17.7 Å². The minimum absolute atomic E-state index is 0.573. The zero-order chi connectivity index (χ0) is 12.1. The molecule has 0 saturated heterocycles. The molecule has 0 saturated carbocycles. The van der Waals surface area contributed by atoms with E-state index in [2.05, 4.69) is 6.07 Å². The summed E-state index contributed by atoms with van der Waals surface area (Å²) in [4.78, 5) is 0. The van der Waals surface area contributed by atoms with E-state index in [9.17, 15) is 0 Å². The van der Waals surface area contributed by atoms with E-state index < -0.39 is 0 Å². The van der Waals surface area contributed by atoms with E-state index in [-0.39, 0.29) is 0 Å². The van der Waals surface area contributed by atoms with Crippen LogP contribution in [0.1, 0.15) is 5.56 Å². The van der Waals surface area contributed by atoms with E-state index in [4.69, 9.17) is 27.9 Å². The topological polar surface area (TPSA) is 9.23 Å². The lowest BCUT2D eigenvalue weighted by atomic mass is 10.1. The summed E-state index contributed by atoms with van der Waals surface area (Å²) in [5.74, 6) is 0.835. The fourth-order valence-electron chi connectivity index (χ4n) is 1.49. The van der Waals surface area contributed by atoms with E-state index in [0.29, 0.717) is 16.7 Å². The first-order valence-corrected chi connectivity index (χ1v) is 6.05. The first-order valence-electron chi connectivity index (χ1n) is 5.29. The lowest BCUT2D eigenvalue weighted by Gasteiger charge is -2.07. The van der Waals surface area contributed by atoms with Gasteiger partial charge in [-0.1, -0.05) is 47.5 Å². The van der Waals surface area contributed by atoms with Crippen LogP contribution >= 0.6 is 23.2 Å². The van der Waals surface area contributed by atoms with E-state index in [1.807, 2.05) is 36.4 Å². The second-order valence-electron chi connectivity index (χ2n) is 3.55. The Morgan fingerprint density at radius 3 is 2.59 bits per heavy atom. The molecule has 0 fully saturated rings. The quantitative estimate of drug-likeness (QED) is 0.796. The van der Waals surface area contributed by atoms with Gasteiger partial charge in [-0.05, 0) is 29.8 Å². The number of hydrogen-bond acceptors (Lipinski definition) is 1. The smallest absolute Gasteiger partial charge is 0.119 e. The van der Waals surface area contributed by atoms with Crippen LogP contribution in [0.4, 0.5) is 0 Å². The van der Waals surface area contributed by atoms with E-state index >= 15 is 0 Å². The second-order valence-corrected chi connectivity index (χ2v) is 4.33. The molecule has 0 amide bonds. The minimum Gasteiger partial charge on any atom is -0.493 e. The van der Waals surface area contributed by atoms with Crippen molar-refractivity contribution in [3.05, 3.63) is 64.1 Å². The average molecular weight is 266 g/mol. The highest BCUT2D eigenvalue weighted by molar-refractivity contribution is 6.42. The lowest BCUT2D eigenvalue weighted by Crippen LogP contribution is -2.01. The fourth-order valence-corrected chi connectivity index (χ4v) is 1.90. The van der Waals surface area contributed by atoms with Crippen LogP contribution in [0.15, 0.2) is 42.5 Å². The number of ether oxygens (including phenoxy) is 1. The highest BCUT2D eigenvalue weighted by Crippen LogP contribution is 2.25. The second kappa shape index (κ2) is 5.95. The number of hydrogen-bond donors (Lipinski definition) is 0. The Hall–Kier alpha value is -1.18. The van der Waals surface area contributed by atoms with Crippen molar-refractivity contribution >= 4 is 23.2 Å². The van der Waals surface area contributed by atoms with Gasteiger partial charge in [-0.15, -0.1) is 0 Å². The summed E-state index contributed by atoms with van der Waals surface area (Å²) < 4.78 is 5.58. The van der Waals surface area contributed by atoms with Gasteiger partial charge in [-0.3, -0.25) is 0 Å². The molecule has 0 aliphatic rings. The van der Waals surface area contributed by atoms with Crippen molar-refractivity contribution < 1.29 is 4.74 Å². The summed E-state index contributed by atoms with van der Waals surface area (Å²) in [5.41, 5.74) is 1.00. The molecule has 2 rings (SSSR count). The molecule has 0 aromatic heterocycles. The maximum absolute atomic E-state index is 6.08. The predicted molar refractivity (Wildman–Crippen MR) is 70.9 cm³/mol. The average Bonchev–Trinajstić information content (AvgIpc) is 2.36. The van der Waals surface area contributed by atoms with Gasteiger partial charge in [-0.25, -0.2) is 0 Å². The van der Waals surface area contributed by atoms with Gasteiger partial charge in [0.1, 0.15) is 5.75 Å². The van der Waals surface area contributed by atoms with Crippen molar-refractivity contribution in [3.8, 4) is 5.75 Å². The molecule has 0 unspecified atom stereocenters. The molecule has 3 heteroatoms. The van der Waals surface area contributed by atoms with Gasteiger partial charge in [0, 0.05) is 6.42 Å². The van der Waals surface area contributed by atoms with Gasteiger partial charge in [-0.2, -0.15) is 0 Å². The molecule has 1 nitrogen and oxygen atoms in total. The minimum atomic E-state index is 0.573. The van der Waals surface area contributed by atoms with Crippen molar-refractivity contribution in [2.75, 3.05) is 6.61 Å². The van der Waals surface area contributed by atoms with Gasteiger partial charge < -0.3 is 4.74 Å². The SMILES string of the molecule is Clc1cccc(CCOc2cc[c]cc2)c1Cl. The third kappa shape index (κ3) is 3.39. The van der Waals surface area contributed by atoms with Gasteiger partial charge in [0.2, 0.25) is 0 Å². The molecule has 87 valence electrons. The summed E-state index contributed by atoms with van der Waals surface area (Å²) in [6.45, 7) is 0.573. The first-order chi connectivity index (χ1) is 8.27. The van der Waals surface area contributed by atoms with Crippen molar-refractivity contribution in [3.63, 3.8) is 0 Å². The molecule has 0 aliphatic carbocycles. The first kappa shape index (κ1) is 12.3. The van der Waals surface area contributed by atoms with Crippen molar-refractivity contribution in [1.29, 1.82) is 0 Å². The van der Waals surface area contributed by atoms with Gasteiger partial charge >= 0.3 is 0 Å². The summed E-state index contributed by atoms with van der Waals surface area (Å²) in [5, 5.41) is 1.19. The molecule has 0 heterocycles. The van der Waals surface area contributed by atoms with Crippen LogP contribution in [0.25, 0.3) is 0 Å². The molecule has 0 aliphatic heterocycles. The molecule has 0 atom stereocenters. The Balaban J connectivity index is 1.93.